The van der Waals surface area contributed by atoms with Gasteiger partial charge in [-0.1, -0.05) is 58.4 Å². The molecule has 2 aromatic carbocycles. The molecule has 0 aliphatic carbocycles. The molecule has 6 rings (SSSR count). The number of carbonyl (C=O) groups excluding carboxylic acids is 4. The number of nitrogens with one attached hydrogen (secondary N) is 1. The molecular weight excluding hydrogens is 680 g/mol. The zero-order chi connectivity index (χ0) is 34.0. The molecule has 6 atom stereocenters. The first-order valence-corrected chi connectivity index (χ1v) is 17.3. The number of anilines is 2. The van der Waals surface area contributed by atoms with Crippen molar-refractivity contribution in [3.8, 4) is 0 Å². The standard InChI is InChI=1S/C36H41BrN4O7/c1-3-39(4-2)24-14-16-25(17-15-24)40-18-10-6-9-13-28(43)38-22-27(23-11-7-5-8-12-23)47-35(46)29-30-33(44)41(19-20-42)32(34(40)45)36(30)21-26(37)31(29)48-36/h5-8,10-12,14-17,21,27,29-32,42H,3-4,9,13,18-20,22H2,1-2H3,(H,38,43)/b10-6-/t27-,29-,30+,31-,32-,36+/m0/s1. The molecule has 4 aliphatic heterocycles. The fourth-order valence-corrected chi connectivity index (χ4v) is 8.17. The molecule has 0 saturated carbocycles. The van der Waals surface area contributed by atoms with Crippen LogP contribution >= 0.6 is 15.9 Å². The average molecular weight is 722 g/mol. The summed E-state index contributed by atoms with van der Waals surface area (Å²) in [5.41, 5.74) is 0.849. The number of ether oxygens (including phenoxy) is 2. The summed E-state index contributed by atoms with van der Waals surface area (Å²) >= 11 is 3.57. The second-order valence-electron chi connectivity index (χ2n) is 12.4. The van der Waals surface area contributed by atoms with Crippen molar-refractivity contribution in [3.63, 3.8) is 0 Å². The second kappa shape index (κ2) is 14.2. The molecule has 2 fully saturated rings. The summed E-state index contributed by atoms with van der Waals surface area (Å²) in [5.74, 6) is -3.85. The Balaban J connectivity index is 1.42. The van der Waals surface area contributed by atoms with Crippen molar-refractivity contribution in [2.75, 3.05) is 49.1 Å². The number of fused-ring (bicyclic) bond motifs is 2. The van der Waals surface area contributed by atoms with Crippen LogP contribution in [0, 0.1) is 11.8 Å². The van der Waals surface area contributed by atoms with E-state index >= 15 is 0 Å². The highest BCUT2D eigenvalue weighted by molar-refractivity contribution is 9.11. The van der Waals surface area contributed by atoms with Crippen molar-refractivity contribution < 1.29 is 33.8 Å². The lowest BCUT2D eigenvalue weighted by Gasteiger charge is -2.35. The smallest absolute Gasteiger partial charge is 0.313 e. The van der Waals surface area contributed by atoms with Crippen LogP contribution in [-0.4, -0.2) is 90.8 Å². The molecular formula is C36H41BrN4O7. The zero-order valence-corrected chi connectivity index (χ0v) is 28.7. The topological polar surface area (TPSA) is 129 Å². The van der Waals surface area contributed by atoms with E-state index in [1.807, 2.05) is 66.7 Å². The van der Waals surface area contributed by atoms with Crippen LogP contribution in [0.4, 0.5) is 11.4 Å². The highest BCUT2D eigenvalue weighted by Gasteiger charge is 2.75. The van der Waals surface area contributed by atoms with Crippen molar-refractivity contribution in [2.45, 2.75) is 50.5 Å². The Bertz CT molecular complexity index is 1590. The van der Waals surface area contributed by atoms with E-state index in [-0.39, 0.29) is 38.6 Å². The van der Waals surface area contributed by atoms with Gasteiger partial charge in [-0.3, -0.25) is 19.2 Å². The summed E-state index contributed by atoms with van der Waals surface area (Å²) in [6.45, 7) is 5.53. The Morgan fingerprint density at radius 3 is 2.42 bits per heavy atom. The Morgan fingerprint density at radius 1 is 1.00 bits per heavy atom. The van der Waals surface area contributed by atoms with E-state index < -0.39 is 53.5 Å². The Hall–Kier alpha value is -4.00. The molecule has 0 radical (unpaired) electrons. The molecule has 0 unspecified atom stereocenters. The summed E-state index contributed by atoms with van der Waals surface area (Å²) in [4.78, 5) is 61.2. The van der Waals surface area contributed by atoms with Crippen LogP contribution in [0.25, 0.3) is 0 Å². The van der Waals surface area contributed by atoms with E-state index in [0.29, 0.717) is 22.2 Å². The van der Waals surface area contributed by atoms with Crippen molar-refractivity contribution in [1.29, 1.82) is 0 Å². The minimum Gasteiger partial charge on any atom is -0.455 e. The number of esters is 1. The summed E-state index contributed by atoms with van der Waals surface area (Å²) in [5, 5.41) is 13.0. The number of aliphatic hydroxyl groups excluding tert-OH is 1. The van der Waals surface area contributed by atoms with Gasteiger partial charge in [-0.25, -0.2) is 0 Å². The number of aliphatic hydroxyl groups is 1. The fourth-order valence-electron chi connectivity index (χ4n) is 7.44. The number of amides is 3. The minimum atomic E-state index is -1.47. The van der Waals surface area contributed by atoms with E-state index in [0.717, 1.165) is 18.8 Å². The van der Waals surface area contributed by atoms with E-state index in [4.69, 9.17) is 9.47 Å². The third-order valence-corrected chi connectivity index (χ3v) is 10.4. The predicted octanol–water partition coefficient (Wildman–Crippen LogP) is 3.48. The van der Waals surface area contributed by atoms with E-state index in [2.05, 4.69) is 40.0 Å². The third kappa shape index (κ3) is 6.05. The highest BCUT2D eigenvalue weighted by Crippen LogP contribution is 2.59. The molecule has 3 amide bonds. The van der Waals surface area contributed by atoms with Gasteiger partial charge in [-0.05, 0) is 56.2 Å². The fraction of sp³-hybridized carbons (Fsp3) is 0.444. The number of cyclic esters (lactones) is 1. The maximum atomic E-state index is 14.9. The van der Waals surface area contributed by atoms with Crippen LogP contribution in [0.5, 0.6) is 0 Å². The van der Waals surface area contributed by atoms with Gasteiger partial charge >= 0.3 is 5.97 Å². The molecule has 4 heterocycles. The number of carbonyl (C=O) groups is 4. The Morgan fingerprint density at radius 2 is 1.73 bits per heavy atom. The Kier molecular flexibility index (Phi) is 10.0. The largest absolute Gasteiger partial charge is 0.455 e. The SMILES string of the molecule is CCN(CC)c1ccc(N2C/C=C\CCC(=O)NC[C@@H](c3ccccc3)OC(=O)[C@@H]3[C@H]4O[C@@]5(C=C4Br)[C@H](C2=O)N(CCO)C(=O)[C@@H]35)cc1. The molecule has 2 N–H and O–H groups in total. The van der Waals surface area contributed by atoms with E-state index in [1.54, 1.807) is 11.0 Å². The van der Waals surface area contributed by atoms with Gasteiger partial charge in [0.15, 0.2) is 0 Å². The summed E-state index contributed by atoms with van der Waals surface area (Å²) in [6.07, 6.45) is 4.41. The van der Waals surface area contributed by atoms with Gasteiger partial charge in [-0.2, -0.15) is 0 Å². The summed E-state index contributed by atoms with van der Waals surface area (Å²) in [7, 11) is 0. The van der Waals surface area contributed by atoms with Gasteiger partial charge in [0.1, 0.15) is 29.8 Å². The molecule has 2 saturated heterocycles. The molecule has 5 bridgehead atoms. The molecule has 2 aromatic rings. The molecule has 12 heteroatoms. The number of likely N-dealkylation sites (tertiary alicyclic amines) is 1. The molecule has 0 aromatic heterocycles. The van der Waals surface area contributed by atoms with Crippen LogP contribution in [0.2, 0.25) is 0 Å². The van der Waals surface area contributed by atoms with Crippen molar-refractivity contribution >= 4 is 51.0 Å². The second-order valence-corrected chi connectivity index (χ2v) is 13.3. The molecule has 48 heavy (non-hydrogen) atoms. The maximum absolute atomic E-state index is 14.9. The molecule has 254 valence electrons. The number of benzene rings is 2. The van der Waals surface area contributed by atoms with Crippen LogP contribution in [0.1, 0.15) is 38.4 Å². The summed E-state index contributed by atoms with van der Waals surface area (Å²) < 4.78 is 13.2. The lowest BCUT2D eigenvalue weighted by atomic mass is 9.74. The van der Waals surface area contributed by atoms with Crippen LogP contribution in [0.15, 0.2) is 77.3 Å². The molecule has 1 spiro atoms. The van der Waals surface area contributed by atoms with Crippen molar-refractivity contribution in [3.05, 3.63) is 82.9 Å². The van der Waals surface area contributed by atoms with Crippen molar-refractivity contribution in [2.24, 2.45) is 11.8 Å². The number of halogens is 1. The monoisotopic (exact) mass is 720 g/mol. The number of hydrogen-bond donors (Lipinski definition) is 2. The first-order chi connectivity index (χ1) is 23.2. The minimum absolute atomic E-state index is 0.0479. The van der Waals surface area contributed by atoms with Crippen LogP contribution < -0.4 is 15.1 Å². The van der Waals surface area contributed by atoms with E-state index in [9.17, 15) is 24.3 Å². The van der Waals surface area contributed by atoms with Gasteiger partial charge in [0, 0.05) is 48.5 Å². The lowest BCUT2D eigenvalue weighted by molar-refractivity contribution is -0.159. The van der Waals surface area contributed by atoms with Gasteiger partial charge in [-0.15, -0.1) is 0 Å². The zero-order valence-electron chi connectivity index (χ0n) is 27.1. The van der Waals surface area contributed by atoms with Crippen molar-refractivity contribution in [1.82, 2.24) is 10.2 Å². The maximum Gasteiger partial charge on any atom is 0.313 e. The first kappa shape index (κ1) is 33.9. The van der Waals surface area contributed by atoms with E-state index in [1.165, 1.54) is 4.90 Å². The normalized spacial score (nSPS) is 29.8. The number of allylic oxidation sites excluding steroid dienone is 1. The van der Waals surface area contributed by atoms with Crippen LogP contribution in [0.3, 0.4) is 0 Å². The predicted molar refractivity (Wildman–Crippen MR) is 183 cm³/mol. The molecule has 4 aliphatic rings. The third-order valence-electron chi connectivity index (χ3n) is 9.74. The van der Waals surface area contributed by atoms with Crippen LogP contribution in [-0.2, 0) is 28.7 Å². The number of rotatable bonds is 7. The quantitative estimate of drug-likeness (QED) is 0.329. The number of β-amino-alcohol motifs (C(OH)–C–C–N with tert-alkyl or cyclic N) is 1. The lowest BCUT2D eigenvalue weighted by Crippen LogP contribution is -2.56. The number of hydrogen-bond acceptors (Lipinski definition) is 8. The van der Waals surface area contributed by atoms with Gasteiger partial charge in [0.05, 0.1) is 19.1 Å². The van der Waals surface area contributed by atoms with Gasteiger partial charge in [0.25, 0.3) is 5.91 Å². The first-order valence-electron chi connectivity index (χ1n) is 16.5. The van der Waals surface area contributed by atoms with Gasteiger partial charge < -0.3 is 34.6 Å². The molecule has 11 nitrogen and oxygen atoms in total. The highest BCUT2D eigenvalue weighted by atomic mass is 79.9. The summed E-state index contributed by atoms with van der Waals surface area (Å²) in [6, 6.07) is 15.6. The Labute approximate surface area is 288 Å². The average Bonchev–Trinajstić information content (AvgIpc) is 3.68. The van der Waals surface area contributed by atoms with Gasteiger partial charge in [0.2, 0.25) is 11.8 Å². The number of nitrogens with zero attached hydrogens (tertiary/aromatic N) is 3.